The Morgan fingerprint density at radius 2 is 1.77 bits per heavy atom. The number of hydrogen-bond donors (Lipinski definition) is 1. The maximum absolute atomic E-state index is 6.16. The average molecular weight is 421 g/mol. The van der Waals surface area contributed by atoms with Gasteiger partial charge >= 0.3 is 0 Å². The van der Waals surface area contributed by atoms with Crippen LogP contribution < -0.4 is 5.73 Å². The van der Waals surface area contributed by atoms with Crippen molar-refractivity contribution in [2.24, 2.45) is 0 Å². The maximum atomic E-state index is 6.16. The van der Waals surface area contributed by atoms with Crippen molar-refractivity contribution in [3.63, 3.8) is 0 Å². The zero-order valence-corrected chi connectivity index (χ0v) is 17.0. The summed E-state index contributed by atoms with van der Waals surface area (Å²) in [6, 6.07) is 18.3. The number of oxazole rings is 1. The van der Waals surface area contributed by atoms with E-state index in [1.807, 2.05) is 36.4 Å². The number of fused-ring (bicyclic) bond motifs is 2. The van der Waals surface area contributed by atoms with Crippen LogP contribution in [0.1, 0.15) is 0 Å². The third-order valence-electron chi connectivity index (χ3n) is 5.25. The zero-order chi connectivity index (χ0) is 20.8. The number of nitrogen functional groups attached to an aromatic ring is 1. The van der Waals surface area contributed by atoms with E-state index >= 15 is 0 Å². The summed E-state index contributed by atoms with van der Waals surface area (Å²) >= 11 is 1.55. The summed E-state index contributed by atoms with van der Waals surface area (Å²) in [7, 11) is 0. The van der Waals surface area contributed by atoms with Gasteiger partial charge in [-0.3, -0.25) is 0 Å². The molecule has 0 aliphatic heterocycles. The van der Waals surface area contributed by atoms with Crippen molar-refractivity contribution in [2.75, 3.05) is 5.73 Å². The van der Waals surface area contributed by atoms with Crippen molar-refractivity contribution in [1.82, 2.24) is 19.9 Å². The molecule has 31 heavy (non-hydrogen) atoms. The first kappa shape index (κ1) is 17.7. The minimum Gasteiger partial charge on any atom is -0.445 e. The molecule has 0 radical (unpaired) electrons. The SMILES string of the molecule is Nc1ncnc2scc(-c3ccc4c(-c5ncco5)cc(-c5ccccc5)nc4c3)c12. The summed E-state index contributed by atoms with van der Waals surface area (Å²) < 4.78 is 5.62. The molecule has 0 fully saturated rings. The Morgan fingerprint density at radius 3 is 2.61 bits per heavy atom. The molecule has 4 heterocycles. The molecule has 2 N–H and O–H groups in total. The Morgan fingerprint density at radius 1 is 0.871 bits per heavy atom. The Bertz CT molecular complexity index is 1540. The molecule has 6 nitrogen and oxygen atoms in total. The molecular formula is C24H15N5OS. The molecule has 148 valence electrons. The monoisotopic (exact) mass is 421 g/mol. The molecule has 2 aromatic carbocycles. The van der Waals surface area contributed by atoms with Crippen molar-refractivity contribution in [1.29, 1.82) is 0 Å². The summed E-state index contributed by atoms with van der Waals surface area (Å²) in [5, 5.41) is 3.90. The third-order valence-corrected chi connectivity index (χ3v) is 6.14. The van der Waals surface area contributed by atoms with Gasteiger partial charge in [0.1, 0.15) is 23.2 Å². The summed E-state index contributed by atoms with van der Waals surface area (Å²) in [6.45, 7) is 0. The van der Waals surface area contributed by atoms with Gasteiger partial charge in [-0.05, 0) is 17.7 Å². The lowest BCUT2D eigenvalue weighted by atomic mass is 9.99. The Kier molecular flexibility index (Phi) is 4.00. The van der Waals surface area contributed by atoms with Crippen LogP contribution in [0.3, 0.4) is 0 Å². The van der Waals surface area contributed by atoms with Gasteiger partial charge in [-0.1, -0.05) is 42.5 Å². The highest BCUT2D eigenvalue weighted by Gasteiger charge is 2.16. The van der Waals surface area contributed by atoms with Gasteiger partial charge in [-0.25, -0.2) is 19.9 Å². The van der Waals surface area contributed by atoms with Crippen LogP contribution >= 0.6 is 11.3 Å². The first-order chi connectivity index (χ1) is 15.3. The lowest BCUT2D eigenvalue weighted by Gasteiger charge is -2.10. The maximum Gasteiger partial charge on any atom is 0.226 e. The van der Waals surface area contributed by atoms with E-state index in [2.05, 4.69) is 38.5 Å². The van der Waals surface area contributed by atoms with Gasteiger partial charge in [0.25, 0.3) is 0 Å². The largest absolute Gasteiger partial charge is 0.445 e. The molecule has 0 bridgehead atoms. The van der Waals surface area contributed by atoms with Gasteiger partial charge in [-0.15, -0.1) is 11.3 Å². The molecule has 6 aromatic rings. The molecule has 0 unspecified atom stereocenters. The van der Waals surface area contributed by atoms with E-state index in [1.165, 1.54) is 6.33 Å². The van der Waals surface area contributed by atoms with Crippen LogP contribution in [0.5, 0.6) is 0 Å². The lowest BCUT2D eigenvalue weighted by molar-refractivity contribution is 0.575. The number of anilines is 1. The summed E-state index contributed by atoms with van der Waals surface area (Å²) in [5.41, 5.74) is 11.8. The van der Waals surface area contributed by atoms with Crippen LogP contribution in [-0.4, -0.2) is 19.9 Å². The number of benzene rings is 2. The fraction of sp³-hybridized carbons (Fsp3) is 0. The highest BCUT2D eigenvalue weighted by atomic mass is 32.1. The van der Waals surface area contributed by atoms with Gasteiger partial charge in [0, 0.05) is 27.5 Å². The van der Waals surface area contributed by atoms with Crippen molar-refractivity contribution >= 4 is 38.3 Å². The molecule has 0 spiro atoms. The van der Waals surface area contributed by atoms with Crippen LogP contribution in [0, 0.1) is 0 Å². The van der Waals surface area contributed by atoms with Gasteiger partial charge in [0.2, 0.25) is 5.89 Å². The van der Waals surface area contributed by atoms with E-state index in [-0.39, 0.29) is 0 Å². The quantitative estimate of drug-likeness (QED) is 0.388. The number of aromatic nitrogens is 4. The van der Waals surface area contributed by atoms with Gasteiger partial charge in [-0.2, -0.15) is 0 Å². The number of nitrogens with two attached hydrogens (primary N) is 1. The second-order valence-corrected chi connectivity index (χ2v) is 7.94. The molecule has 0 aliphatic rings. The number of nitrogens with zero attached hydrogens (tertiary/aromatic N) is 4. The highest BCUT2D eigenvalue weighted by Crippen LogP contribution is 2.38. The van der Waals surface area contributed by atoms with E-state index in [0.717, 1.165) is 49.1 Å². The van der Waals surface area contributed by atoms with E-state index in [1.54, 1.807) is 23.8 Å². The van der Waals surface area contributed by atoms with E-state index < -0.39 is 0 Å². The average Bonchev–Trinajstić information content (AvgIpc) is 3.49. The number of thiophene rings is 1. The molecule has 0 amide bonds. The fourth-order valence-corrected chi connectivity index (χ4v) is 4.72. The summed E-state index contributed by atoms with van der Waals surface area (Å²) in [5.74, 6) is 1.05. The van der Waals surface area contributed by atoms with Gasteiger partial charge < -0.3 is 10.2 Å². The van der Waals surface area contributed by atoms with Crippen molar-refractivity contribution in [3.8, 4) is 33.8 Å². The first-order valence-electron chi connectivity index (χ1n) is 9.66. The second-order valence-electron chi connectivity index (χ2n) is 7.08. The van der Waals surface area contributed by atoms with Crippen LogP contribution in [0.2, 0.25) is 0 Å². The van der Waals surface area contributed by atoms with E-state index in [0.29, 0.717) is 11.7 Å². The Hall–Kier alpha value is -4.10. The lowest BCUT2D eigenvalue weighted by Crippen LogP contribution is -1.93. The number of rotatable bonds is 3. The zero-order valence-electron chi connectivity index (χ0n) is 16.2. The molecule has 4 aromatic heterocycles. The molecular weight excluding hydrogens is 406 g/mol. The Balaban J connectivity index is 1.62. The van der Waals surface area contributed by atoms with Crippen molar-refractivity contribution in [3.05, 3.63) is 78.8 Å². The molecule has 0 aliphatic carbocycles. The predicted octanol–water partition coefficient (Wildman–Crippen LogP) is 5.81. The van der Waals surface area contributed by atoms with Gasteiger partial charge in [0.15, 0.2) is 0 Å². The van der Waals surface area contributed by atoms with Gasteiger partial charge in [0.05, 0.1) is 22.8 Å². The summed E-state index contributed by atoms with van der Waals surface area (Å²) in [6.07, 6.45) is 4.73. The summed E-state index contributed by atoms with van der Waals surface area (Å²) in [4.78, 5) is 18.7. The normalized spacial score (nSPS) is 11.4. The van der Waals surface area contributed by atoms with Crippen molar-refractivity contribution < 1.29 is 4.42 Å². The minimum absolute atomic E-state index is 0.479. The van der Waals surface area contributed by atoms with Crippen LogP contribution in [0.25, 0.3) is 55.0 Å². The number of pyridine rings is 1. The van der Waals surface area contributed by atoms with Crippen LogP contribution in [0.15, 0.2) is 83.2 Å². The molecule has 0 saturated carbocycles. The minimum atomic E-state index is 0.479. The van der Waals surface area contributed by atoms with E-state index in [4.69, 9.17) is 15.1 Å². The van der Waals surface area contributed by atoms with Crippen LogP contribution in [0.4, 0.5) is 5.82 Å². The first-order valence-corrected chi connectivity index (χ1v) is 10.5. The standard InChI is InChI=1S/C24H15N5OS/c25-22-21-18(12-31-24(21)28-13-27-22)15-6-7-16-17(23-26-8-9-30-23)11-19(29-20(16)10-15)14-4-2-1-3-5-14/h1-13H,(H2,25,27,28). The second kappa shape index (κ2) is 7.00. The molecule has 0 saturated heterocycles. The van der Waals surface area contributed by atoms with Crippen molar-refractivity contribution in [2.45, 2.75) is 0 Å². The fourth-order valence-electron chi connectivity index (χ4n) is 3.80. The highest BCUT2D eigenvalue weighted by molar-refractivity contribution is 7.17. The predicted molar refractivity (Wildman–Crippen MR) is 123 cm³/mol. The smallest absolute Gasteiger partial charge is 0.226 e. The van der Waals surface area contributed by atoms with E-state index in [9.17, 15) is 0 Å². The topological polar surface area (TPSA) is 90.7 Å². The molecule has 6 rings (SSSR count). The number of hydrogen-bond acceptors (Lipinski definition) is 7. The molecule has 7 heteroatoms. The third kappa shape index (κ3) is 2.94. The van der Waals surface area contributed by atoms with Crippen LogP contribution in [-0.2, 0) is 0 Å². The molecule has 0 atom stereocenters. The Labute approximate surface area is 181 Å².